The Balaban J connectivity index is 0.919. The Morgan fingerprint density at radius 3 is 0.804 bits per heavy atom. The molecule has 7 aliphatic carbocycles. The zero-order chi connectivity index (χ0) is 71.6. The number of rotatable bonds is 6. The second-order valence-corrected chi connectivity index (χ2v) is 33.5. The van der Waals surface area contributed by atoms with Gasteiger partial charge in [-0.05, 0) is 260 Å². The second kappa shape index (κ2) is 20.9. The molecule has 1 heterocycles. The summed E-state index contributed by atoms with van der Waals surface area (Å²) in [7, 11) is 0. The van der Waals surface area contributed by atoms with Gasteiger partial charge in [0.2, 0.25) is 6.79 Å². The first-order valence-electron chi connectivity index (χ1n) is 38.3. The number of ether oxygens (including phenoxy) is 2. The van der Waals surface area contributed by atoms with Crippen LogP contribution in [0.25, 0.3) is 122 Å². The first-order chi connectivity index (χ1) is 52.1. The molecule has 0 aromatic heterocycles. The zero-order valence-corrected chi connectivity index (χ0v) is 61.4. The standard InChI is InChI=1S/C105H76O2/c1-100(2)78-38-16-11-29-72(78)94-66(34-23-45-85(94)100)60-51-61(67-35-24-46-86-95(67)73-30-12-17-39-79(73)101(86,3)4)54-64(53-60)104(65-55-62(68-36-25-47-87-96(68)74-31-13-18-40-80(74)102(87,5)6)52-63(56-65)69-37-26-48-88-97(69)75-32-14-19-41-81(75)103(88,7)8)89-49-50-90-98(99(89)77-57-92-93(58-91(77)104)107-59-106-92)76-33-15-22-44-84(76)105(90)82-42-20-9-27-70(82)71-28-10-21-43-83(71)105/h9-58H,59H2,1-8H3. The van der Waals surface area contributed by atoms with Gasteiger partial charge in [-0.25, -0.2) is 0 Å². The van der Waals surface area contributed by atoms with Crippen molar-refractivity contribution in [2.24, 2.45) is 0 Å². The molecular weight excluding hydrogens is 1290 g/mol. The first kappa shape index (κ1) is 61.2. The minimum absolute atomic E-state index is 0.130. The lowest BCUT2D eigenvalue weighted by Crippen LogP contribution is -2.29. The summed E-state index contributed by atoms with van der Waals surface area (Å²) in [5.41, 5.74) is 45.4. The fourth-order valence-corrected chi connectivity index (χ4v) is 22.5. The quantitative estimate of drug-likeness (QED) is 0.165. The van der Waals surface area contributed by atoms with Crippen LogP contribution in [-0.4, -0.2) is 6.79 Å². The zero-order valence-electron chi connectivity index (χ0n) is 61.4. The molecule has 0 amide bonds. The van der Waals surface area contributed by atoms with Crippen molar-refractivity contribution in [3.05, 3.63) is 392 Å². The Morgan fingerprint density at radius 2 is 0.449 bits per heavy atom. The predicted octanol–water partition coefficient (Wildman–Crippen LogP) is 26.0. The third-order valence-corrected chi connectivity index (χ3v) is 27.2. The van der Waals surface area contributed by atoms with Crippen LogP contribution in [0.4, 0.5) is 0 Å². The van der Waals surface area contributed by atoms with E-state index in [0.717, 1.165) is 22.6 Å². The lowest BCUT2D eigenvalue weighted by Gasteiger charge is -2.36. The fraction of sp³-hybridized carbons (Fsp3) is 0.143. The van der Waals surface area contributed by atoms with Crippen molar-refractivity contribution in [1.29, 1.82) is 0 Å². The van der Waals surface area contributed by atoms with E-state index < -0.39 is 10.8 Å². The summed E-state index contributed by atoms with van der Waals surface area (Å²) in [4.78, 5) is 0. The molecule has 107 heavy (non-hydrogen) atoms. The van der Waals surface area contributed by atoms with E-state index in [0.29, 0.717) is 0 Å². The van der Waals surface area contributed by atoms with E-state index >= 15 is 0 Å². The molecule has 0 bridgehead atoms. The van der Waals surface area contributed by atoms with Crippen LogP contribution in [0.2, 0.25) is 0 Å². The highest BCUT2D eigenvalue weighted by Gasteiger charge is 2.57. The highest BCUT2D eigenvalue weighted by Crippen LogP contribution is 2.70. The minimum Gasteiger partial charge on any atom is -0.454 e. The maximum atomic E-state index is 6.85. The lowest BCUT2D eigenvalue weighted by atomic mass is 9.65. The molecule has 0 saturated carbocycles. The van der Waals surface area contributed by atoms with Crippen LogP contribution < -0.4 is 9.47 Å². The van der Waals surface area contributed by atoms with Gasteiger partial charge < -0.3 is 9.47 Å². The molecule has 15 aromatic carbocycles. The van der Waals surface area contributed by atoms with Crippen LogP contribution in [-0.2, 0) is 32.5 Å². The van der Waals surface area contributed by atoms with Gasteiger partial charge in [0.1, 0.15) is 0 Å². The molecule has 15 aromatic rings. The summed E-state index contributed by atoms with van der Waals surface area (Å²) in [5.74, 6) is 1.51. The molecule has 2 heteroatoms. The van der Waals surface area contributed by atoms with Gasteiger partial charge in [0.25, 0.3) is 0 Å². The molecular formula is C105H76O2. The summed E-state index contributed by atoms with van der Waals surface area (Å²) < 4.78 is 13.6. The minimum atomic E-state index is -1.08. The third-order valence-electron chi connectivity index (χ3n) is 27.2. The van der Waals surface area contributed by atoms with Gasteiger partial charge >= 0.3 is 0 Å². The van der Waals surface area contributed by atoms with Crippen LogP contribution in [0.3, 0.4) is 0 Å². The normalized spacial score (nSPS) is 16.6. The largest absolute Gasteiger partial charge is 0.454 e. The Morgan fingerprint density at radius 1 is 0.187 bits per heavy atom. The first-order valence-corrected chi connectivity index (χ1v) is 38.3. The fourth-order valence-electron chi connectivity index (χ4n) is 22.5. The van der Waals surface area contributed by atoms with Gasteiger partial charge in [-0.15, -0.1) is 0 Å². The van der Waals surface area contributed by atoms with Gasteiger partial charge in [-0.1, -0.05) is 310 Å². The summed E-state index contributed by atoms with van der Waals surface area (Å²) in [6.45, 7) is 19.5. The van der Waals surface area contributed by atoms with Crippen molar-refractivity contribution in [2.45, 2.75) is 87.9 Å². The molecule has 0 saturated heterocycles. The van der Waals surface area contributed by atoms with Crippen molar-refractivity contribution >= 4 is 0 Å². The topological polar surface area (TPSA) is 18.5 Å². The molecule has 1 spiro atoms. The van der Waals surface area contributed by atoms with E-state index in [1.807, 2.05) is 0 Å². The molecule has 8 aliphatic rings. The van der Waals surface area contributed by atoms with Crippen molar-refractivity contribution in [2.75, 3.05) is 6.79 Å². The van der Waals surface area contributed by atoms with Crippen molar-refractivity contribution in [1.82, 2.24) is 0 Å². The summed E-state index contributed by atoms with van der Waals surface area (Å²) in [6.07, 6.45) is 0. The lowest BCUT2D eigenvalue weighted by molar-refractivity contribution is 0.174. The van der Waals surface area contributed by atoms with Gasteiger partial charge in [0.15, 0.2) is 11.5 Å². The molecule has 2 nitrogen and oxygen atoms in total. The predicted molar refractivity (Wildman–Crippen MR) is 438 cm³/mol. The van der Waals surface area contributed by atoms with E-state index in [4.69, 9.17) is 9.47 Å². The van der Waals surface area contributed by atoms with Crippen LogP contribution in [0, 0.1) is 0 Å². The maximum absolute atomic E-state index is 6.85. The third kappa shape index (κ3) is 7.56. The average Bonchev–Trinajstić information content (AvgIpc) is 1.49. The number of hydrogen-bond acceptors (Lipinski definition) is 2. The Bertz CT molecular complexity index is 6000. The molecule has 0 atom stereocenters. The molecule has 0 unspecified atom stereocenters. The SMILES string of the molecule is CC1(C)c2ccccc2-c2c(-c3cc(-c4cccc5c4-c4ccccc4C5(C)C)cc(C4(c5cc(-c6cccc7c6-c6ccccc6C7(C)C)cc(-c6cccc7c6-c6ccccc6C7(C)C)c5)c5cc6c(cc5-c5c4ccc4c5-c5ccccc5C45c4ccccc4-c4ccccc45)OCO6)c3)cccc21. The summed E-state index contributed by atoms with van der Waals surface area (Å²) in [5, 5.41) is 0. The molecule has 508 valence electrons. The maximum Gasteiger partial charge on any atom is 0.231 e. The number of hydrogen-bond donors (Lipinski definition) is 0. The van der Waals surface area contributed by atoms with E-state index in [-0.39, 0.29) is 28.5 Å². The van der Waals surface area contributed by atoms with E-state index in [1.54, 1.807) is 0 Å². The van der Waals surface area contributed by atoms with E-state index in [1.165, 1.54) is 200 Å². The molecule has 1 aliphatic heterocycles. The average molecular weight is 1370 g/mol. The van der Waals surface area contributed by atoms with Crippen molar-refractivity contribution in [3.63, 3.8) is 0 Å². The Labute approximate surface area is 626 Å². The number of benzene rings is 15. The van der Waals surface area contributed by atoms with E-state index in [9.17, 15) is 0 Å². The van der Waals surface area contributed by atoms with Crippen molar-refractivity contribution < 1.29 is 9.47 Å². The molecule has 0 radical (unpaired) electrons. The van der Waals surface area contributed by atoms with E-state index in [2.05, 4.69) is 359 Å². The molecule has 0 fully saturated rings. The molecule has 23 rings (SSSR count). The van der Waals surface area contributed by atoms with Gasteiger partial charge in [0, 0.05) is 21.7 Å². The van der Waals surface area contributed by atoms with Crippen molar-refractivity contribution in [3.8, 4) is 134 Å². The van der Waals surface area contributed by atoms with Crippen LogP contribution in [0.5, 0.6) is 11.5 Å². The van der Waals surface area contributed by atoms with Crippen LogP contribution >= 0.6 is 0 Å². The van der Waals surface area contributed by atoms with Gasteiger partial charge in [0.05, 0.1) is 10.8 Å². The van der Waals surface area contributed by atoms with Crippen LogP contribution in [0.1, 0.15) is 144 Å². The summed E-state index contributed by atoms with van der Waals surface area (Å²) >= 11 is 0. The Hall–Kier alpha value is -12.1. The second-order valence-electron chi connectivity index (χ2n) is 33.5. The number of fused-ring (bicyclic) bond motifs is 27. The highest BCUT2D eigenvalue weighted by atomic mass is 16.7. The highest BCUT2D eigenvalue weighted by molar-refractivity contribution is 6.07. The Kier molecular flexibility index (Phi) is 12.0. The molecule has 0 N–H and O–H groups in total. The summed E-state index contributed by atoms with van der Waals surface area (Å²) in [6, 6.07) is 119. The van der Waals surface area contributed by atoms with Gasteiger partial charge in [-0.3, -0.25) is 0 Å². The smallest absolute Gasteiger partial charge is 0.231 e. The van der Waals surface area contributed by atoms with Crippen LogP contribution in [0.15, 0.2) is 303 Å². The monoisotopic (exact) mass is 1370 g/mol. The van der Waals surface area contributed by atoms with Gasteiger partial charge in [-0.2, -0.15) is 0 Å².